The molecule has 5 rings (SSSR count). The fraction of sp³-hybridized carbons (Fsp3) is 0.560. The normalized spacial score (nSPS) is 17.8. The van der Waals surface area contributed by atoms with E-state index in [0.29, 0.717) is 18.1 Å². The van der Waals surface area contributed by atoms with Gasteiger partial charge in [-0.15, -0.1) is 0 Å². The van der Waals surface area contributed by atoms with Crippen LogP contribution >= 0.6 is 0 Å². The molecule has 34 heavy (non-hydrogen) atoms. The number of carbonyl (C=O) groups excluding carboxylic acids is 1. The van der Waals surface area contributed by atoms with Crippen LogP contribution in [0.1, 0.15) is 50.9 Å². The number of piperidine rings is 1. The van der Waals surface area contributed by atoms with Crippen LogP contribution in [0.5, 0.6) is 0 Å². The molecular weight excluding hydrogens is 432 g/mol. The van der Waals surface area contributed by atoms with E-state index < -0.39 is 5.60 Å². The maximum atomic E-state index is 12.4. The van der Waals surface area contributed by atoms with Gasteiger partial charge in [-0.25, -0.2) is 14.8 Å². The van der Waals surface area contributed by atoms with Gasteiger partial charge in [-0.05, 0) is 64.7 Å². The van der Waals surface area contributed by atoms with E-state index in [1.165, 1.54) is 5.56 Å². The number of hydrogen-bond donors (Lipinski definition) is 0. The molecule has 0 N–H and O–H groups in total. The number of anilines is 1. The molecule has 0 bridgehead atoms. The maximum Gasteiger partial charge on any atom is 0.410 e. The van der Waals surface area contributed by atoms with Gasteiger partial charge in [0, 0.05) is 43.4 Å². The summed E-state index contributed by atoms with van der Waals surface area (Å²) in [6, 6.07) is 6.35. The van der Waals surface area contributed by atoms with Gasteiger partial charge in [0.2, 0.25) is 5.89 Å². The average molecular weight is 465 g/mol. The molecule has 2 saturated heterocycles. The van der Waals surface area contributed by atoms with Gasteiger partial charge in [0.15, 0.2) is 5.82 Å². The minimum Gasteiger partial charge on any atom is -0.444 e. The van der Waals surface area contributed by atoms with Crippen LogP contribution in [0.2, 0.25) is 0 Å². The first-order valence-corrected chi connectivity index (χ1v) is 12.0. The van der Waals surface area contributed by atoms with Crippen LogP contribution in [0, 0.1) is 12.3 Å². The Morgan fingerprint density at radius 3 is 2.59 bits per heavy atom. The Kier molecular flexibility index (Phi) is 5.65. The number of fused-ring (bicyclic) bond motifs is 1. The largest absolute Gasteiger partial charge is 0.444 e. The van der Waals surface area contributed by atoms with Crippen LogP contribution in [-0.4, -0.2) is 62.9 Å². The summed E-state index contributed by atoms with van der Waals surface area (Å²) in [5.74, 6) is 2.30. The van der Waals surface area contributed by atoms with E-state index in [0.717, 1.165) is 62.2 Å². The zero-order valence-corrected chi connectivity index (χ0v) is 20.4. The molecule has 0 unspecified atom stereocenters. The lowest BCUT2D eigenvalue weighted by molar-refractivity contribution is 0.00593. The van der Waals surface area contributed by atoms with Crippen molar-refractivity contribution in [2.75, 3.05) is 31.1 Å². The third-order valence-corrected chi connectivity index (χ3v) is 6.70. The minimum atomic E-state index is -0.462. The summed E-state index contributed by atoms with van der Waals surface area (Å²) in [6.07, 6.45) is 4.94. The van der Waals surface area contributed by atoms with Gasteiger partial charge >= 0.3 is 6.09 Å². The number of rotatable bonds is 4. The molecule has 1 amide bonds. The van der Waals surface area contributed by atoms with E-state index in [2.05, 4.69) is 43.2 Å². The highest BCUT2D eigenvalue weighted by atomic mass is 16.6. The number of ether oxygens (including phenoxy) is 1. The summed E-state index contributed by atoms with van der Waals surface area (Å²) >= 11 is 0. The molecule has 2 aliphatic heterocycles. The van der Waals surface area contributed by atoms with Crippen LogP contribution in [0.15, 0.2) is 29.0 Å². The third kappa shape index (κ3) is 4.69. The molecule has 0 saturated carbocycles. The summed E-state index contributed by atoms with van der Waals surface area (Å²) < 4.78 is 10.8. The van der Waals surface area contributed by atoms with Crippen molar-refractivity contribution in [3.05, 3.63) is 41.8 Å². The van der Waals surface area contributed by atoms with E-state index in [1.807, 2.05) is 32.6 Å². The molecule has 180 valence electrons. The van der Waals surface area contributed by atoms with Gasteiger partial charge < -0.3 is 19.1 Å². The summed E-state index contributed by atoms with van der Waals surface area (Å²) in [4.78, 5) is 30.0. The number of amides is 1. The molecule has 9 heteroatoms. The second-order valence-electron chi connectivity index (χ2n) is 10.6. The molecule has 0 atom stereocenters. The van der Waals surface area contributed by atoms with Gasteiger partial charge in [-0.3, -0.25) is 0 Å². The van der Waals surface area contributed by atoms with Crippen LogP contribution in [-0.2, 0) is 17.6 Å². The minimum absolute atomic E-state index is 0.205. The van der Waals surface area contributed by atoms with Crippen molar-refractivity contribution in [3.63, 3.8) is 0 Å². The van der Waals surface area contributed by atoms with Gasteiger partial charge in [-0.1, -0.05) is 11.2 Å². The molecule has 9 nitrogen and oxygen atoms in total. The Balaban J connectivity index is 1.24. The monoisotopic (exact) mass is 464 g/mol. The lowest BCUT2D eigenvalue weighted by Crippen LogP contribution is -2.61. The zero-order chi connectivity index (χ0) is 23.9. The molecule has 1 spiro atoms. The molecule has 0 radical (unpaired) electrons. The summed E-state index contributed by atoms with van der Waals surface area (Å²) in [7, 11) is 0. The molecule has 2 aliphatic rings. The van der Waals surface area contributed by atoms with Crippen molar-refractivity contribution in [2.45, 2.75) is 59.0 Å². The Labute approximate surface area is 199 Å². The lowest BCUT2D eigenvalue weighted by atomic mass is 9.72. The highest BCUT2D eigenvalue weighted by molar-refractivity contribution is 5.90. The zero-order valence-electron chi connectivity index (χ0n) is 20.4. The van der Waals surface area contributed by atoms with Crippen molar-refractivity contribution >= 4 is 22.8 Å². The first-order valence-electron chi connectivity index (χ1n) is 12.0. The molecule has 0 aliphatic carbocycles. The molecule has 4 heterocycles. The third-order valence-electron chi connectivity index (χ3n) is 6.70. The maximum absolute atomic E-state index is 12.4. The highest BCUT2D eigenvalue weighted by Crippen LogP contribution is 2.43. The van der Waals surface area contributed by atoms with Gasteiger partial charge in [0.05, 0.1) is 5.52 Å². The predicted molar refractivity (Wildman–Crippen MR) is 128 cm³/mol. The SMILES string of the molecule is Cc1noc(CCc2ccc3ncnc(N4CC5(CCN(C(=O)OC(C)(C)C)CC5)C4)c3c2)n1. The standard InChI is InChI=1S/C25H32N6O3/c1-17-28-21(34-29-17)8-6-18-5-7-20-19(13-18)22(27-16-26-20)31-14-25(15-31)9-11-30(12-10-25)23(32)33-24(2,3)4/h5,7,13,16H,6,8-12,14-15H2,1-4H3. The quantitative estimate of drug-likeness (QED) is 0.573. The van der Waals surface area contributed by atoms with Crippen molar-refractivity contribution in [2.24, 2.45) is 5.41 Å². The topological polar surface area (TPSA) is 97.5 Å². The Hall–Kier alpha value is -3.23. The van der Waals surface area contributed by atoms with Gasteiger partial charge in [0.1, 0.15) is 17.7 Å². The van der Waals surface area contributed by atoms with E-state index in [1.54, 1.807) is 6.33 Å². The Bertz CT molecular complexity index is 1180. The average Bonchev–Trinajstić information content (AvgIpc) is 3.19. The van der Waals surface area contributed by atoms with Crippen molar-refractivity contribution in [1.82, 2.24) is 25.0 Å². The number of carbonyl (C=O) groups is 1. The number of aryl methyl sites for hydroxylation is 3. The highest BCUT2D eigenvalue weighted by Gasteiger charge is 2.46. The fourth-order valence-electron chi connectivity index (χ4n) is 4.91. The first-order chi connectivity index (χ1) is 16.2. The number of hydrogen-bond acceptors (Lipinski definition) is 8. The van der Waals surface area contributed by atoms with Crippen molar-refractivity contribution in [3.8, 4) is 0 Å². The number of benzene rings is 1. The first kappa shape index (κ1) is 22.6. The fourth-order valence-corrected chi connectivity index (χ4v) is 4.91. The molecule has 3 aromatic rings. The molecule has 2 fully saturated rings. The Morgan fingerprint density at radius 1 is 1.15 bits per heavy atom. The van der Waals surface area contributed by atoms with E-state index in [9.17, 15) is 4.79 Å². The van der Waals surface area contributed by atoms with Crippen molar-refractivity contribution in [1.29, 1.82) is 0 Å². The summed E-state index contributed by atoms with van der Waals surface area (Å²) in [5.41, 5.74) is 1.92. The van der Waals surface area contributed by atoms with Crippen LogP contribution in [0.4, 0.5) is 10.6 Å². The van der Waals surface area contributed by atoms with Gasteiger partial charge in [0.25, 0.3) is 0 Å². The number of likely N-dealkylation sites (tertiary alicyclic amines) is 1. The lowest BCUT2D eigenvalue weighted by Gasteiger charge is -2.54. The number of nitrogens with zero attached hydrogens (tertiary/aromatic N) is 6. The van der Waals surface area contributed by atoms with Crippen LogP contribution < -0.4 is 4.90 Å². The van der Waals surface area contributed by atoms with E-state index in [-0.39, 0.29) is 11.5 Å². The summed E-state index contributed by atoms with van der Waals surface area (Å²) in [5, 5.41) is 4.94. The molecular formula is C25H32N6O3. The smallest absolute Gasteiger partial charge is 0.410 e. The predicted octanol–water partition coefficient (Wildman–Crippen LogP) is 3.94. The number of aromatic nitrogens is 4. The van der Waals surface area contributed by atoms with Gasteiger partial charge in [-0.2, -0.15) is 4.98 Å². The second-order valence-corrected chi connectivity index (χ2v) is 10.6. The second kappa shape index (κ2) is 8.52. The van der Waals surface area contributed by atoms with Crippen molar-refractivity contribution < 1.29 is 14.1 Å². The molecule has 1 aromatic carbocycles. The van der Waals surface area contributed by atoms with E-state index >= 15 is 0 Å². The summed E-state index contributed by atoms with van der Waals surface area (Å²) in [6.45, 7) is 10.9. The Morgan fingerprint density at radius 2 is 1.91 bits per heavy atom. The van der Waals surface area contributed by atoms with Crippen LogP contribution in [0.3, 0.4) is 0 Å². The molecule has 2 aromatic heterocycles. The van der Waals surface area contributed by atoms with E-state index in [4.69, 9.17) is 9.26 Å². The van der Waals surface area contributed by atoms with Crippen LogP contribution in [0.25, 0.3) is 10.9 Å².